The van der Waals surface area contributed by atoms with E-state index in [2.05, 4.69) is 96.0 Å². The van der Waals surface area contributed by atoms with Crippen molar-refractivity contribution < 1.29 is 4.42 Å². The van der Waals surface area contributed by atoms with Crippen molar-refractivity contribution in [1.82, 2.24) is 19.9 Å². The van der Waals surface area contributed by atoms with Gasteiger partial charge in [0, 0.05) is 50.8 Å². The van der Waals surface area contributed by atoms with Crippen molar-refractivity contribution >= 4 is 43.5 Å². The second-order valence-corrected chi connectivity index (χ2v) is 12.6. The molecule has 5 heteroatoms. The Balaban J connectivity index is 1.23. The second kappa shape index (κ2) is 11.9. The molecule has 0 bridgehead atoms. The van der Waals surface area contributed by atoms with E-state index in [0.717, 1.165) is 82.4 Å². The first kappa shape index (κ1) is 29.0. The molecule has 5 nitrogen and oxygen atoms in total. The lowest BCUT2D eigenvalue weighted by Crippen LogP contribution is -2.00. The number of benzene rings is 7. The van der Waals surface area contributed by atoms with E-state index in [-0.39, 0.29) is 0 Å². The SMILES string of the molecule is c1ccc(-c2nc(-c3ccccc3)nc(-c3ccc(-c4ccc(-c5ccccc5)c5oc6cc7cnccc7cc6c45)c4ccccc34)n2)cc1. The summed E-state index contributed by atoms with van der Waals surface area (Å²) in [7, 11) is 0. The molecule has 0 aliphatic rings. The third kappa shape index (κ3) is 4.94. The summed E-state index contributed by atoms with van der Waals surface area (Å²) in [6, 6.07) is 54.3. The first-order valence-corrected chi connectivity index (χ1v) is 17.0. The van der Waals surface area contributed by atoms with Crippen LogP contribution in [0.2, 0.25) is 0 Å². The van der Waals surface area contributed by atoms with Gasteiger partial charge in [0.25, 0.3) is 0 Å². The van der Waals surface area contributed by atoms with E-state index < -0.39 is 0 Å². The van der Waals surface area contributed by atoms with Gasteiger partial charge in [0.15, 0.2) is 17.5 Å². The molecule has 0 atom stereocenters. The van der Waals surface area contributed by atoms with Crippen LogP contribution in [0.3, 0.4) is 0 Å². The zero-order valence-electron chi connectivity index (χ0n) is 27.4. The van der Waals surface area contributed by atoms with Gasteiger partial charge < -0.3 is 4.42 Å². The number of hydrogen-bond acceptors (Lipinski definition) is 5. The zero-order chi connectivity index (χ0) is 33.7. The predicted molar refractivity (Wildman–Crippen MR) is 207 cm³/mol. The van der Waals surface area contributed by atoms with Crippen LogP contribution in [0.4, 0.5) is 0 Å². The molecule has 0 unspecified atom stereocenters. The summed E-state index contributed by atoms with van der Waals surface area (Å²) < 4.78 is 6.77. The molecule has 10 aromatic rings. The summed E-state index contributed by atoms with van der Waals surface area (Å²) in [6.45, 7) is 0. The topological polar surface area (TPSA) is 64.7 Å². The molecule has 7 aromatic carbocycles. The monoisotopic (exact) mass is 652 g/mol. The number of hydrogen-bond donors (Lipinski definition) is 0. The molecular formula is C46H28N4O. The van der Waals surface area contributed by atoms with Crippen molar-refractivity contribution in [3.8, 4) is 56.4 Å². The third-order valence-corrected chi connectivity index (χ3v) is 9.62. The van der Waals surface area contributed by atoms with E-state index in [1.165, 1.54) is 0 Å². The molecular weight excluding hydrogens is 625 g/mol. The quantitative estimate of drug-likeness (QED) is 0.185. The largest absolute Gasteiger partial charge is 0.455 e. The normalized spacial score (nSPS) is 11.5. The Bertz CT molecular complexity index is 2840. The van der Waals surface area contributed by atoms with Gasteiger partial charge in [0.1, 0.15) is 11.2 Å². The highest BCUT2D eigenvalue weighted by Crippen LogP contribution is 2.45. The molecule has 238 valence electrons. The maximum atomic E-state index is 6.77. The smallest absolute Gasteiger partial charge is 0.164 e. The Kier molecular flexibility index (Phi) is 6.74. The van der Waals surface area contributed by atoms with Crippen LogP contribution in [0.1, 0.15) is 0 Å². The lowest BCUT2D eigenvalue weighted by atomic mass is 9.90. The van der Waals surface area contributed by atoms with E-state index in [0.29, 0.717) is 17.5 Å². The number of fused-ring (bicyclic) bond motifs is 5. The van der Waals surface area contributed by atoms with Gasteiger partial charge in [-0.25, -0.2) is 15.0 Å². The minimum absolute atomic E-state index is 0.629. The van der Waals surface area contributed by atoms with E-state index in [4.69, 9.17) is 19.4 Å². The molecule has 0 saturated carbocycles. The molecule has 0 aliphatic carbocycles. The van der Waals surface area contributed by atoms with Crippen molar-refractivity contribution in [3.05, 3.63) is 170 Å². The van der Waals surface area contributed by atoms with Gasteiger partial charge in [-0.15, -0.1) is 0 Å². The highest BCUT2D eigenvalue weighted by Gasteiger charge is 2.21. The van der Waals surface area contributed by atoms with Crippen molar-refractivity contribution in [2.75, 3.05) is 0 Å². The summed E-state index contributed by atoms with van der Waals surface area (Å²) in [4.78, 5) is 19.4. The third-order valence-electron chi connectivity index (χ3n) is 9.62. The lowest BCUT2D eigenvalue weighted by Gasteiger charge is -2.14. The van der Waals surface area contributed by atoms with Crippen LogP contribution < -0.4 is 0 Å². The van der Waals surface area contributed by atoms with Gasteiger partial charge in [-0.2, -0.15) is 0 Å². The minimum atomic E-state index is 0.629. The van der Waals surface area contributed by atoms with Crippen molar-refractivity contribution in [3.63, 3.8) is 0 Å². The number of aromatic nitrogens is 4. The maximum absolute atomic E-state index is 6.77. The molecule has 0 spiro atoms. The van der Waals surface area contributed by atoms with Gasteiger partial charge in [-0.05, 0) is 63.2 Å². The average molecular weight is 653 g/mol. The van der Waals surface area contributed by atoms with Crippen LogP contribution in [0, 0.1) is 0 Å². The molecule has 0 amide bonds. The van der Waals surface area contributed by atoms with Crippen LogP contribution in [0.15, 0.2) is 175 Å². The Morgan fingerprint density at radius 3 is 1.63 bits per heavy atom. The molecule has 0 N–H and O–H groups in total. The molecule has 0 aliphatic heterocycles. The Labute approximate surface area is 293 Å². The lowest BCUT2D eigenvalue weighted by molar-refractivity contribution is 0.670. The summed E-state index contributed by atoms with van der Waals surface area (Å²) >= 11 is 0. The van der Waals surface area contributed by atoms with E-state index in [9.17, 15) is 0 Å². The molecule has 0 fully saturated rings. The second-order valence-electron chi connectivity index (χ2n) is 12.6. The van der Waals surface area contributed by atoms with E-state index in [1.807, 2.05) is 79.1 Å². The van der Waals surface area contributed by atoms with Crippen LogP contribution >= 0.6 is 0 Å². The van der Waals surface area contributed by atoms with Crippen LogP contribution in [0.5, 0.6) is 0 Å². The summed E-state index contributed by atoms with van der Waals surface area (Å²) in [5.41, 5.74) is 8.90. The van der Waals surface area contributed by atoms with Crippen molar-refractivity contribution in [2.45, 2.75) is 0 Å². The molecule has 0 radical (unpaired) electrons. The number of rotatable bonds is 5. The van der Waals surface area contributed by atoms with Crippen molar-refractivity contribution in [2.24, 2.45) is 0 Å². The van der Waals surface area contributed by atoms with E-state index >= 15 is 0 Å². The Hall–Kier alpha value is -6.98. The number of nitrogens with zero attached hydrogens (tertiary/aromatic N) is 4. The van der Waals surface area contributed by atoms with E-state index in [1.54, 1.807) is 0 Å². The number of pyridine rings is 1. The Morgan fingerprint density at radius 1 is 0.392 bits per heavy atom. The molecule has 51 heavy (non-hydrogen) atoms. The summed E-state index contributed by atoms with van der Waals surface area (Å²) in [5.74, 6) is 1.90. The Morgan fingerprint density at radius 2 is 0.941 bits per heavy atom. The highest BCUT2D eigenvalue weighted by molar-refractivity contribution is 6.21. The van der Waals surface area contributed by atoms with Crippen LogP contribution in [0.25, 0.3) is 99.9 Å². The van der Waals surface area contributed by atoms with Crippen molar-refractivity contribution in [1.29, 1.82) is 0 Å². The fraction of sp³-hybridized carbons (Fsp3) is 0. The average Bonchev–Trinajstić information content (AvgIpc) is 3.58. The molecule has 3 aromatic heterocycles. The first-order valence-electron chi connectivity index (χ1n) is 17.0. The molecule has 0 saturated heterocycles. The maximum Gasteiger partial charge on any atom is 0.164 e. The first-order chi connectivity index (χ1) is 25.3. The van der Waals surface area contributed by atoms with Gasteiger partial charge >= 0.3 is 0 Å². The van der Waals surface area contributed by atoms with Gasteiger partial charge in [-0.1, -0.05) is 127 Å². The van der Waals surface area contributed by atoms with Gasteiger partial charge in [0.05, 0.1) is 0 Å². The van der Waals surface area contributed by atoms with Crippen LogP contribution in [-0.2, 0) is 0 Å². The van der Waals surface area contributed by atoms with Gasteiger partial charge in [-0.3, -0.25) is 4.98 Å². The molecule has 3 heterocycles. The summed E-state index contributed by atoms with van der Waals surface area (Å²) in [5, 5.41) is 6.48. The summed E-state index contributed by atoms with van der Waals surface area (Å²) in [6.07, 6.45) is 3.73. The zero-order valence-corrected chi connectivity index (χ0v) is 27.4. The van der Waals surface area contributed by atoms with Gasteiger partial charge in [0.2, 0.25) is 0 Å². The molecule has 10 rings (SSSR count). The minimum Gasteiger partial charge on any atom is -0.455 e. The van der Waals surface area contributed by atoms with Crippen LogP contribution in [-0.4, -0.2) is 19.9 Å². The fourth-order valence-electron chi connectivity index (χ4n) is 7.19. The highest BCUT2D eigenvalue weighted by atomic mass is 16.3. The number of furan rings is 1. The standard InChI is InChI=1S/C46H28N4O/c1-4-12-29(13-5-1)34-20-22-38(42-40-26-32-24-25-47-28-33(32)27-41(40)51-43(34)42)37-21-23-39(36-19-11-10-18-35(36)37)46-49-44(30-14-6-2-7-15-30)48-45(50-46)31-16-8-3-9-17-31/h1-28H. The predicted octanol–water partition coefficient (Wildman–Crippen LogP) is 11.8. The fourth-order valence-corrected chi connectivity index (χ4v) is 7.19.